The van der Waals surface area contributed by atoms with Gasteiger partial charge in [0.25, 0.3) is 5.56 Å². The molecule has 1 aromatic carbocycles. The molecule has 0 saturated carbocycles. The fourth-order valence-electron chi connectivity index (χ4n) is 3.98. The monoisotopic (exact) mass is 575 g/mol. The summed E-state index contributed by atoms with van der Waals surface area (Å²) in [5.41, 5.74) is -7.01. The minimum absolute atomic E-state index is 0.102. The number of esters is 1. The number of aliphatic hydroxyl groups excluding tert-OH is 1. The van der Waals surface area contributed by atoms with Crippen LogP contribution in [0.1, 0.15) is 47.8 Å². The molecule has 6 atom stereocenters. The minimum Gasteiger partial charge on any atom is -0.462 e. The largest absolute Gasteiger partial charge is 0.462 e. The minimum atomic E-state index is -4.49. The van der Waals surface area contributed by atoms with E-state index in [9.17, 15) is 28.4 Å². The van der Waals surface area contributed by atoms with Crippen molar-refractivity contribution in [2.75, 3.05) is 0 Å². The third kappa shape index (κ3) is 6.82. The van der Waals surface area contributed by atoms with Crippen molar-refractivity contribution in [1.29, 1.82) is 0 Å². The van der Waals surface area contributed by atoms with Crippen LogP contribution in [0.3, 0.4) is 0 Å². The molecule has 15 heteroatoms. The first-order valence-electron chi connectivity index (χ1n) is 12.0. The number of H-pyrrole nitrogens is 1. The molecule has 0 aliphatic carbocycles. The summed E-state index contributed by atoms with van der Waals surface area (Å²) >= 11 is 0. The second-order valence-corrected chi connectivity index (χ2v) is 11.7. The number of hydrogen-bond acceptors (Lipinski definition) is 9. The van der Waals surface area contributed by atoms with Crippen LogP contribution in [0.4, 0.5) is 8.78 Å². The van der Waals surface area contributed by atoms with Crippen molar-refractivity contribution in [3.8, 4) is 5.75 Å². The zero-order valence-electron chi connectivity index (χ0n) is 22.2. The maximum absolute atomic E-state index is 15.8. The molecule has 39 heavy (non-hydrogen) atoms. The lowest BCUT2D eigenvalue weighted by Gasteiger charge is -2.36. The van der Waals surface area contributed by atoms with E-state index >= 15 is 4.39 Å². The number of aromatic amines is 1. The summed E-state index contributed by atoms with van der Waals surface area (Å²) in [6.45, 7) is 8.18. The SMILES string of the molecule is CC(C)OC(=O)[C@H](C)NP(=O)(Oc1ccccc1)OC(C)(C)[C@H]1O[C@@H](n2cc(F)c(=O)[nH]c2=O)C(C)(F)[C@H]1O. The van der Waals surface area contributed by atoms with Crippen molar-refractivity contribution >= 4 is 13.7 Å². The number of para-hydroxylation sites is 1. The molecule has 1 aromatic heterocycles. The van der Waals surface area contributed by atoms with E-state index in [1.807, 2.05) is 0 Å². The van der Waals surface area contributed by atoms with Gasteiger partial charge in [-0.2, -0.15) is 9.48 Å². The van der Waals surface area contributed by atoms with E-state index in [1.54, 1.807) is 37.0 Å². The second kappa shape index (κ2) is 11.3. The number of ether oxygens (including phenoxy) is 2. The van der Waals surface area contributed by atoms with Crippen molar-refractivity contribution in [1.82, 2.24) is 14.6 Å². The van der Waals surface area contributed by atoms with E-state index in [0.29, 0.717) is 10.8 Å². The Bertz CT molecular complexity index is 1350. The van der Waals surface area contributed by atoms with Crippen LogP contribution < -0.4 is 20.9 Å². The quantitative estimate of drug-likeness (QED) is 0.284. The van der Waals surface area contributed by atoms with Crippen molar-refractivity contribution in [2.45, 2.75) is 83.4 Å². The number of nitrogens with zero attached hydrogens (tertiary/aromatic N) is 1. The number of aliphatic hydroxyl groups is 1. The van der Waals surface area contributed by atoms with Crippen molar-refractivity contribution < 1.29 is 41.8 Å². The van der Waals surface area contributed by atoms with Gasteiger partial charge in [0.2, 0.25) is 5.82 Å². The van der Waals surface area contributed by atoms with E-state index in [2.05, 4.69) is 5.09 Å². The molecule has 3 rings (SSSR count). The third-order valence-corrected chi connectivity index (χ3v) is 7.73. The molecule has 1 aliphatic heterocycles. The van der Waals surface area contributed by atoms with Gasteiger partial charge in [0.15, 0.2) is 11.9 Å². The summed E-state index contributed by atoms with van der Waals surface area (Å²) < 4.78 is 66.3. The number of nitrogens with one attached hydrogen (secondary N) is 2. The molecular weight excluding hydrogens is 543 g/mol. The molecule has 2 heterocycles. The number of aromatic nitrogens is 2. The Hall–Kier alpha value is -2.90. The Morgan fingerprint density at radius 1 is 1.26 bits per heavy atom. The highest BCUT2D eigenvalue weighted by Gasteiger charge is 2.61. The molecular formula is C24H32F2N3O9P. The molecule has 216 valence electrons. The maximum Gasteiger partial charge on any atom is 0.460 e. The van der Waals surface area contributed by atoms with Crippen molar-refractivity contribution in [3.63, 3.8) is 0 Å². The van der Waals surface area contributed by atoms with Crippen LogP contribution in [0.2, 0.25) is 0 Å². The Labute approximate surface area is 222 Å². The molecule has 0 radical (unpaired) electrons. The zero-order valence-corrected chi connectivity index (χ0v) is 23.1. The van der Waals surface area contributed by atoms with Gasteiger partial charge >= 0.3 is 19.4 Å². The summed E-state index contributed by atoms with van der Waals surface area (Å²) in [5, 5.41) is 13.4. The predicted molar refractivity (Wildman–Crippen MR) is 134 cm³/mol. The molecule has 2 unspecified atom stereocenters. The molecule has 0 amide bonds. The highest BCUT2D eigenvalue weighted by Crippen LogP contribution is 2.53. The molecule has 0 bridgehead atoms. The van der Waals surface area contributed by atoms with Crippen LogP contribution in [0.25, 0.3) is 0 Å². The fraction of sp³-hybridized carbons (Fsp3) is 0.542. The first kappa shape index (κ1) is 30.6. The van der Waals surface area contributed by atoms with Crippen LogP contribution in [-0.2, 0) is 23.4 Å². The number of hydrogen-bond donors (Lipinski definition) is 3. The van der Waals surface area contributed by atoms with E-state index in [4.69, 9.17) is 18.5 Å². The van der Waals surface area contributed by atoms with Gasteiger partial charge in [0, 0.05) is 0 Å². The Morgan fingerprint density at radius 3 is 2.46 bits per heavy atom. The lowest BCUT2D eigenvalue weighted by molar-refractivity contribution is -0.149. The zero-order chi connectivity index (χ0) is 29.3. The Balaban J connectivity index is 1.94. The van der Waals surface area contributed by atoms with Crippen molar-refractivity contribution in [3.05, 3.63) is 63.2 Å². The number of halogens is 2. The van der Waals surface area contributed by atoms with Crippen LogP contribution in [0.5, 0.6) is 5.75 Å². The summed E-state index contributed by atoms with van der Waals surface area (Å²) in [4.78, 5) is 37.8. The predicted octanol–water partition coefficient (Wildman–Crippen LogP) is 2.57. The van der Waals surface area contributed by atoms with Gasteiger partial charge in [-0.15, -0.1) is 0 Å². The third-order valence-electron chi connectivity index (χ3n) is 5.87. The normalized spacial score (nSPS) is 25.7. The lowest BCUT2D eigenvalue weighted by atomic mass is 9.90. The number of carbonyl (C=O) groups excluding carboxylic acids is 1. The summed E-state index contributed by atoms with van der Waals surface area (Å²) in [5.74, 6) is -2.03. The van der Waals surface area contributed by atoms with Crippen LogP contribution in [0.15, 0.2) is 46.1 Å². The highest BCUT2D eigenvalue weighted by atomic mass is 31.2. The van der Waals surface area contributed by atoms with Crippen LogP contribution in [-0.4, -0.2) is 56.3 Å². The molecule has 3 N–H and O–H groups in total. The molecule has 12 nitrogen and oxygen atoms in total. The first-order chi connectivity index (χ1) is 18.0. The van der Waals surface area contributed by atoms with E-state index in [-0.39, 0.29) is 5.75 Å². The smallest absolute Gasteiger partial charge is 0.460 e. The van der Waals surface area contributed by atoms with Gasteiger partial charge in [0.05, 0.1) is 12.3 Å². The number of carbonyl (C=O) groups is 1. The average Bonchev–Trinajstić information content (AvgIpc) is 3.05. The Morgan fingerprint density at radius 2 is 1.87 bits per heavy atom. The number of benzene rings is 1. The van der Waals surface area contributed by atoms with Gasteiger partial charge < -0.3 is 19.1 Å². The van der Waals surface area contributed by atoms with Gasteiger partial charge in [-0.05, 0) is 53.7 Å². The molecule has 1 saturated heterocycles. The van der Waals surface area contributed by atoms with Gasteiger partial charge in [-0.25, -0.2) is 13.8 Å². The summed E-state index contributed by atoms with van der Waals surface area (Å²) in [7, 11) is -4.49. The standard InChI is InChI=1S/C24H32F2N3O9P/c1-13(2)35-20(32)14(3)28-39(34,37-15-10-8-7-9-11-15)38-23(4,5)18-17(30)24(6,26)21(36-18)29-12-16(25)19(31)27-22(29)33/h7-14,17-18,21,30H,1-6H3,(H,28,34)(H,27,31,33)/t14-,17-,18-,21+,24?,39?/m0/s1. The van der Waals surface area contributed by atoms with Crippen molar-refractivity contribution in [2.24, 2.45) is 0 Å². The molecule has 1 fully saturated rings. The number of rotatable bonds is 10. The van der Waals surface area contributed by atoms with Crippen LogP contribution >= 0.6 is 7.75 Å². The van der Waals surface area contributed by atoms with E-state index in [0.717, 1.165) is 6.92 Å². The summed E-state index contributed by atoms with van der Waals surface area (Å²) in [6, 6.07) is 6.67. The fourth-order valence-corrected chi connectivity index (χ4v) is 5.83. The topological polar surface area (TPSA) is 158 Å². The maximum atomic E-state index is 15.8. The number of alkyl halides is 1. The van der Waals surface area contributed by atoms with Gasteiger partial charge in [-0.3, -0.25) is 23.7 Å². The molecule has 1 aliphatic rings. The van der Waals surface area contributed by atoms with Crippen LogP contribution in [0, 0.1) is 5.82 Å². The molecule has 2 aromatic rings. The second-order valence-electron chi connectivity index (χ2n) is 10.1. The Kier molecular flexibility index (Phi) is 8.88. The van der Waals surface area contributed by atoms with Gasteiger partial charge in [-0.1, -0.05) is 18.2 Å². The highest BCUT2D eigenvalue weighted by molar-refractivity contribution is 7.52. The van der Waals surface area contributed by atoms with Gasteiger partial charge in [0.1, 0.15) is 29.6 Å². The average molecular weight is 576 g/mol. The summed E-state index contributed by atoms with van der Waals surface area (Å²) in [6.07, 6.45) is -5.50. The molecule has 0 spiro atoms. The van der Waals surface area contributed by atoms with E-state index in [1.165, 1.54) is 32.9 Å². The van der Waals surface area contributed by atoms with E-state index < -0.39 is 72.6 Å². The first-order valence-corrected chi connectivity index (χ1v) is 13.6. The lowest BCUT2D eigenvalue weighted by Crippen LogP contribution is -2.50.